The molecule has 0 fully saturated rings. The van der Waals surface area contributed by atoms with Crippen molar-refractivity contribution >= 4 is 11.9 Å². The summed E-state index contributed by atoms with van der Waals surface area (Å²) in [7, 11) is 0. The maximum absolute atomic E-state index is 12.5. The average Bonchev–Trinajstić information content (AvgIpc) is 3.48. The van der Waals surface area contributed by atoms with Crippen LogP contribution in [0.15, 0.2) is 48.6 Å². The van der Waals surface area contributed by atoms with Crippen LogP contribution in [0.2, 0.25) is 0 Å². The van der Waals surface area contributed by atoms with Gasteiger partial charge in [-0.15, -0.1) is 0 Å². The van der Waals surface area contributed by atoms with E-state index < -0.39 is 12.1 Å². The number of hydrogen-bond acceptors (Lipinski definition) is 5. The van der Waals surface area contributed by atoms with Gasteiger partial charge in [0.25, 0.3) is 0 Å². The van der Waals surface area contributed by atoms with Crippen LogP contribution in [0.4, 0.5) is 0 Å². The Kier molecular flexibility index (Phi) is 70.4. The third-order valence-electron chi connectivity index (χ3n) is 17.3. The molecule has 0 rings (SSSR count). The van der Waals surface area contributed by atoms with Gasteiger partial charge >= 0.3 is 5.97 Å². The minimum Gasteiger partial charge on any atom is -0.466 e. The summed E-state index contributed by atoms with van der Waals surface area (Å²) >= 11 is 0. The molecule has 0 saturated heterocycles. The Morgan fingerprint density at radius 1 is 0.337 bits per heavy atom. The van der Waals surface area contributed by atoms with Crippen LogP contribution in [0, 0.1) is 0 Å². The molecule has 2 unspecified atom stereocenters. The molecular weight excluding hydrogens is 1020 g/mol. The van der Waals surface area contributed by atoms with Gasteiger partial charge in [0, 0.05) is 12.8 Å². The predicted molar refractivity (Wildman–Crippen MR) is 366 cm³/mol. The number of esters is 1. The van der Waals surface area contributed by atoms with Crippen molar-refractivity contribution in [1.82, 2.24) is 5.32 Å². The lowest BCUT2D eigenvalue weighted by Crippen LogP contribution is -2.45. The first-order valence-corrected chi connectivity index (χ1v) is 37.4. The second kappa shape index (κ2) is 72.3. The number of carbonyl (C=O) groups is 2. The average molecular weight is 1170 g/mol. The monoisotopic (exact) mass is 1160 g/mol. The third-order valence-corrected chi connectivity index (χ3v) is 17.3. The fraction of sp³-hybridized carbons (Fsp3) is 0.870. The van der Waals surface area contributed by atoms with Crippen molar-refractivity contribution in [2.45, 2.75) is 418 Å². The van der Waals surface area contributed by atoms with Gasteiger partial charge in [-0.3, -0.25) is 9.59 Å². The van der Waals surface area contributed by atoms with Crippen molar-refractivity contribution < 1.29 is 24.5 Å². The van der Waals surface area contributed by atoms with E-state index in [1.165, 1.54) is 327 Å². The number of carbonyl (C=O) groups excluding carboxylic acids is 2. The third kappa shape index (κ3) is 68.8. The molecule has 0 radical (unpaired) electrons. The second-order valence-electron chi connectivity index (χ2n) is 25.6. The number of aliphatic hydroxyl groups is 2. The molecule has 0 heterocycles. The Hall–Kier alpha value is -2.18. The normalized spacial score (nSPS) is 12.8. The maximum atomic E-state index is 12.5. The zero-order valence-electron chi connectivity index (χ0n) is 55.9. The smallest absolute Gasteiger partial charge is 0.305 e. The molecule has 0 aromatic heterocycles. The van der Waals surface area contributed by atoms with Gasteiger partial charge in [-0.1, -0.05) is 358 Å². The highest BCUT2D eigenvalue weighted by Gasteiger charge is 2.18. The molecule has 0 aliphatic rings. The summed E-state index contributed by atoms with van der Waals surface area (Å²) in [6, 6.07) is -0.630. The van der Waals surface area contributed by atoms with E-state index in [0.29, 0.717) is 19.4 Å². The summed E-state index contributed by atoms with van der Waals surface area (Å²) in [5.74, 6) is -0.0629. The first-order valence-electron chi connectivity index (χ1n) is 37.4. The van der Waals surface area contributed by atoms with Gasteiger partial charge in [-0.2, -0.15) is 0 Å². The van der Waals surface area contributed by atoms with E-state index in [1.807, 2.05) is 6.08 Å². The van der Waals surface area contributed by atoms with Crippen molar-refractivity contribution in [2.24, 2.45) is 0 Å². The zero-order chi connectivity index (χ0) is 59.9. The molecule has 0 aliphatic heterocycles. The molecule has 0 aliphatic carbocycles. The molecule has 0 saturated carbocycles. The number of unbranched alkanes of at least 4 members (excludes halogenated alkanes) is 53. The summed E-state index contributed by atoms with van der Waals surface area (Å²) in [5.41, 5.74) is 0. The molecule has 0 aromatic carbocycles. The molecule has 0 bridgehead atoms. The van der Waals surface area contributed by atoms with E-state index in [0.717, 1.165) is 51.4 Å². The highest BCUT2D eigenvalue weighted by molar-refractivity contribution is 5.76. The van der Waals surface area contributed by atoms with Crippen LogP contribution in [0.5, 0.6) is 0 Å². The molecule has 3 N–H and O–H groups in total. The molecule has 1 amide bonds. The Bertz CT molecular complexity index is 1390. The number of aliphatic hydroxyl groups excluding tert-OH is 2. The fourth-order valence-corrected chi connectivity index (χ4v) is 11.6. The van der Waals surface area contributed by atoms with E-state index in [2.05, 4.69) is 55.6 Å². The van der Waals surface area contributed by atoms with Gasteiger partial charge in [-0.25, -0.2) is 0 Å². The number of rotatable bonds is 70. The molecule has 488 valence electrons. The molecule has 2 atom stereocenters. The Balaban J connectivity index is 3.41. The summed E-state index contributed by atoms with van der Waals surface area (Å²) in [6.07, 6.45) is 94.9. The van der Waals surface area contributed by atoms with E-state index >= 15 is 0 Å². The van der Waals surface area contributed by atoms with Gasteiger partial charge in [0.05, 0.1) is 25.4 Å². The summed E-state index contributed by atoms with van der Waals surface area (Å²) in [6.45, 7) is 4.89. The highest BCUT2D eigenvalue weighted by Crippen LogP contribution is 2.19. The maximum Gasteiger partial charge on any atom is 0.305 e. The number of hydrogen-bond donors (Lipinski definition) is 3. The SMILES string of the molecule is CCCC/C=C\C/C=C\CCCCCCCC(=O)OCCCCCCCCCCCCCC/C=C\CCCCCCCCCCCCCCC(=O)NC(CO)C(O)/C=C/CCCCCCCCCCCCCCCCCCCCCCCC. The number of ether oxygens (including phenoxy) is 1. The second-order valence-corrected chi connectivity index (χ2v) is 25.6. The van der Waals surface area contributed by atoms with Crippen molar-refractivity contribution in [1.29, 1.82) is 0 Å². The molecule has 83 heavy (non-hydrogen) atoms. The quantitative estimate of drug-likeness (QED) is 0.0320. The van der Waals surface area contributed by atoms with Crippen LogP contribution in [0.1, 0.15) is 406 Å². The van der Waals surface area contributed by atoms with Crippen molar-refractivity contribution in [3.05, 3.63) is 48.6 Å². The first-order chi connectivity index (χ1) is 41.0. The van der Waals surface area contributed by atoms with Gasteiger partial charge in [-0.05, 0) is 83.5 Å². The van der Waals surface area contributed by atoms with Crippen LogP contribution in [0.3, 0.4) is 0 Å². The van der Waals surface area contributed by atoms with E-state index in [1.54, 1.807) is 6.08 Å². The van der Waals surface area contributed by atoms with Gasteiger partial charge < -0.3 is 20.3 Å². The summed E-state index contributed by atoms with van der Waals surface area (Å²) in [5, 5.41) is 23.3. The van der Waals surface area contributed by atoms with Crippen molar-refractivity contribution in [3.8, 4) is 0 Å². The lowest BCUT2D eigenvalue weighted by molar-refractivity contribution is -0.143. The van der Waals surface area contributed by atoms with E-state index in [4.69, 9.17) is 4.74 Å². The van der Waals surface area contributed by atoms with Crippen LogP contribution in [-0.2, 0) is 14.3 Å². The zero-order valence-corrected chi connectivity index (χ0v) is 55.9. The van der Waals surface area contributed by atoms with Gasteiger partial charge in [0.15, 0.2) is 0 Å². The Morgan fingerprint density at radius 2 is 0.614 bits per heavy atom. The van der Waals surface area contributed by atoms with Crippen LogP contribution in [-0.4, -0.2) is 47.4 Å². The predicted octanol–water partition coefficient (Wildman–Crippen LogP) is 24.4. The van der Waals surface area contributed by atoms with Crippen LogP contribution < -0.4 is 5.32 Å². The van der Waals surface area contributed by atoms with Crippen LogP contribution >= 0.6 is 0 Å². The van der Waals surface area contributed by atoms with Gasteiger partial charge in [0.2, 0.25) is 5.91 Å². The van der Waals surface area contributed by atoms with E-state index in [9.17, 15) is 19.8 Å². The lowest BCUT2D eigenvalue weighted by Gasteiger charge is -2.20. The minimum atomic E-state index is -0.847. The molecule has 6 nitrogen and oxygen atoms in total. The summed E-state index contributed by atoms with van der Waals surface area (Å²) in [4.78, 5) is 24.6. The fourth-order valence-electron chi connectivity index (χ4n) is 11.6. The number of nitrogens with one attached hydrogen (secondary N) is 1. The lowest BCUT2D eigenvalue weighted by atomic mass is 10.0. The minimum absolute atomic E-state index is 0.00111. The highest BCUT2D eigenvalue weighted by atomic mass is 16.5. The number of allylic oxidation sites excluding steroid dienone is 7. The molecule has 6 heteroatoms. The van der Waals surface area contributed by atoms with E-state index in [-0.39, 0.29) is 18.5 Å². The standard InChI is InChI=1S/C77H145NO5/c1-3-5-7-9-11-13-15-17-19-20-21-22-23-30-33-36-39-42-45-49-53-57-61-65-69-75(80)74(73-79)78-76(81)70-66-62-58-54-50-46-43-40-37-34-31-28-26-24-25-27-29-32-35-38-41-44-48-52-56-60-64-68-72-83-77(82)71-67-63-59-55-51-47-18-16-14-12-10-8-6-4-2/h10,12,16,18,24-25,65,69,74-75,79-80H,3-9,11,13-15,17,19-23,26-64,66-68,70-73H2,1-2H3,(H,78,81)/b12-10-,18-16-,25-24-,69-65+. The van der Waals surface area contributed by atoms with Gasteiger partial charge in [0.1, 0.15) is 0 Å². The Morgan fingerprint density at radius 3 is 0.964 bits per heavy atom. The number of amides is 1. The molecular formula is C77H145NO5. The van der Waals surface area contributed by atoms with Crippen molar-refractivity contribution in [3.63, 3.8) is 0 Å². The van der Waals surface area contributed by atoms with Crippen LogP contribution in [0.25, 0.3) is 0 Å². The first kappa shape index (κ1) is 80.8. The van der Waals surface area contributed by atoms with Crippen molar-refractivity contribution in [2.75, 3.05) is 13.2 Å². The topological polar surface area (TPSA) is 95.9 Å². The largest absolute Gasteiger partial charge is 0.466 e. The summed E-state index contributed by atoms with van der Waals surface area (Å²) < 4.78 is 5.48. The molecule has 0 aromatic rings. The molecule has 0 spiro atoms. The Labute approximate surface area is 518 Å².